The Kier molecular flexibility index (Phi) is 7.70. The van der Waals surface area contributed by atoms with E-state index in [9.17, 15) is 22.8 Å². The third kappa shape index (κ3) is 6.82. The maximum Gasteiger partial charge on any atom is 0.340 e. The summed E-state index contributed by atoms with van der Waals surface area (Å²) < 4.78 is 37.5. The van der Waals surface area contributed by atoms with E-state index in [0.717, 1.165) is 0 Å². The van der Waals surface area contributed by atoms with Crippen LogP contribution < -0.4 is 15.4 Å². The Bertz CT molecular complexity index is 1240. The van der Waals surface area contributed by atoms with E-state index in [1.54, 1.807) is 12.1 Å². The molecule has 0 saturated heterocycles. The number of rotatable bonds is 8. The minimum Gasteiger partial charge on any atom is -0.467 e. The summed E-state index contributed by atoms with van der Waals surface area (Å²) in [5, 5.41) is 4.76. The Balaban J connectivity index is 1.57. The number of benzene rings is 2. The van der Waals surface area contributed by atoms with Crippen molar-refractivity contribution in [2.45, 2.75) is 11.4 Å². The molecule has 3 rings (SSSR count). The first-order valence-electron chi connectivity index (χ1n) is 9.39. The number of furan rings is 1. The molecule has 0 spiro atoms. The van der Waals surface area contributed by atoms with Gasteiger partial charge >= 0.3 is 12.0 Å². The Morgan fingerprint density at radius 3 is 2.39 bits per heavy atom. The van der Waals surface area contributed by atoms with Crippen molar-refractivity contribution in [3.05, 3.63) is 83.3 Å². The number of carbonyl (C=O) groups excluding carboxylic acids is 3. The van der Waals surface area contributed by atoms with Gasteiger partial charge in [0.05, 0.1) is 29.0 Å². The van der Waals surface area contributed by atoms with Crippen molar-refractivity contribution < 1.29 is 32.0 Å². The molecule has 10 nitrogen and oxygen atoms in total. The molecule has 2 aromatic carbocycles. The van der Waals surface area contributed by atoms with E-state index in [4.69, 9.17) is 20.8 Å². The molecular formula is C21H18ClN3O7S. The van der Waals surface area contributed by atoms with Gasteiger partial charge in [-0.05, 0) is 48.5 Å². The van der Waals surface area contributed by atoms with Crippen LogP contribution in [0, 0.1) is 0 Å². The Hall–Kier alpha value is -3.83. The van der Waals surface area contributed by atoms with Crippen LogP contribution in [0.4, 0.5) is 10.5 Å². The van der Waals surface area contributed by atoms with Crippen LogP contribution >= 0.6 is 11.6 Å². The lowest BCUT2D eigenvalue weighted by molar-refractivity contribution is -0.123. The fourth-order valence-corrected chi connectivity index (χ4v) is 3.77. The summed E-state index contributed by atoms with van der Waals surface area (Å²) in [7, 11) is -4.01. The average Bonchev–Trinajstić information content (AvgIpc) is 3.30. The fraction of sp³-hybridized carbons (Fsp3) is 0.0952. The quantitative estimate of drug-likeness (QED) is 0.411. The van der Waals surface area contributed by atoms with Gasteiger partial charge in [-0.15, -0.1) is 0 Å². The number of para-hydroxylation sites is 1. The molecule has 0 atom stereocenters. The molecule has 0 saturated carbocycles. The zero-order valence-corrected chi connectivity index (χ0v) is 18.5. The number of halogens is 1. The normalized spacial score (nSPS) is 10.8. The van der Waals surface area contributed by atoms with Crippen molar-refractivity contribution in [1.29, 1.82) is 0 Å². The first-order chi connectivity index (χ1) is 15.7. The van der Waals surface area contributed by atoms with Crippen LogP contribution in [0.1, 0.15) is 16.1 Å². The third-order valence-electron chi connectivity index (χ3n) is 4.11. The molecule has 1 aromatic heterocycles. The van der Waals surface area contributed by atoms with Gasteiger partial charge in [0.15, 0.2) is 6.61 Å². The number of urea groups is 1. The lowest BCUT2D eigenvalue weighted by atomic mass is 10.2. The molecule has 0 aliphatic carbocycles. The molecule has 33 heavy (non-hydrogen) atoms. The number of esters is 1. The van der Waals surface area contributed by atoms with E-state index in [1.165, 1.54) is 54.8 Å². The van der Waals surface area contributed by atoms with Crippen LogP contribution in [0.3, 0.4) is 0 Å². The van der Waals surface area contributed by atoms with Crippen molar-refractivity contribution >= 4 is 45.2 Å². The lowest BCUT2D eigenvalue weighted by Gasteiger charge is -2.12. The van der Waals surface area contributed by atoms with Crippen molar-refractivity contribution in [3.8, 4) is 0 Å². The SMILES string of the molecule is O=C(COC(=O)c1ccccc1NS(=O)(=O)c1ccc(Cl)cc1)NC(=O)NCc1ccco1. The van der Waals surface area contributed by atoms with E-state index in [2.05, 4.69) is 10.0 Å². The van der Waals surface area contributed by atoms with E-state index < -0.39 is 34.5 Å². The number of amides is 3. The number of ether oxygens (including phenoxy) is 1. The molecule has 172 valence electrons. The Labute approximate surface area is 193 Å². The highest BCUT2D eigenvalue weighted by Crippen LogP contribution is 2.22. The van der Waals surface area contributed by atoms with Crippen LogP contribution in [0.2, 0.25) is 5.02 Å². The van der Waals surface area contributed by atoms with Crippen LogP contribution in [0.15, 0.2) is 76.2 Å². The highest BCUT2D eigenvalue weighted by molar-refractivity contribution is 7.92. The minimum atomic E-state index is -4.01. The molecule has 0 unspecified atom stereocenters. The van der Waals surface area contributed by atoms with Crippen LogP contribution in [-0.4, -0.2) is 32.9 Å². The molecule has 0 fully saturated rings. The topological polar surface area (TPSA) is 144 Å². The summed E-state index contributed by atoms with van der Waals surface area (Å²) in [6.45, 7) is -0.696. The molecule has 3 aromatic rings. The minimum absolute atomic E-state index is 0.0472. The maximum atomic E-state index is 12.6. The summed E-state index contributed by atoms with van der Waals surface area (Å²) in [6, 6.07) is 13.7. The van der Waals surface area contributed by atoms with Gasteiger partial charge in [0.1, 0.15) is 5.76 Å². The van der Waals surface area contributed by atoms with Crippen molar-refractivity contribution in [2.24, 2.45) is 0 Å². The lowest BCUT2D eigenvalue weighted by Crippen LogP contribution is -2.41. The van der Waals surface area contributed by atoms with E-state index >= 15 is 0 Å². The number of hydrogen-bond acceptors (Lipinski definition) is 7. The Morgan fingerprint density at radius 2 is 1.70 bits per heavy atom. The monoisotopic (exact) mass is 491 g/mol. The molecule has 3 amide bonds. The molecular weight excluding hydrogens is 474 g/mol. The maximum absolute atomic E-state index is 12.6. The van der Waals surface area contributed by atoms with Crippen LogP contribution in [-0.2, 0) is 26.1 Å². The van der Waals surface area contributed by atoms with E-state index in [1.807, 2.05) is 5.32 Å². The second-order valence-corrected chi connectivity index (χ2v) is 8.61. The van der Waals surface area contributed by atoms with Crippen molar-refractivity contribution in [3.63, 3.8) is 0 Å². The number of sulfonamides is 1. The molecule has 0 aliphatic heterocycles. The fourth-order valence-electron chi connectivity index (χ4n) is 2.56. The highest BCUT2D eigenvalue weighted by atomic mass is 35.5. The van der Waals surface area contributed by atoms with Gasteiger partial charge in [-0.25, -0.2) is 18.0 Å². The molecule has 0 aliphatic rings. The second-order valence-electron chi connectivity index (χ2n) is 6.49. The van der Waals surface area contributed by atoms with E-state index in [-0.39, 0.29) is 22.7 Å². The smallest absolute Gasteiger partial charge is 0.340 e. The molecule has 0 bridgehead atoms. The van der Waals surface area contributed by atoms with Gasteiger partial charge in [-0.3, -0.25) is 14.8 Å². The summed E-state index contributed by atoms with van der Waals surface area (Å²) in [5.41, 5.74) is -0.167. The largest absolute Gasteiger partial charge is 0.467 e. The number of nitrogens with one attached hydrogen (secondary N) is 3. The second kappa shape index (κ2) is 10.7. The number of carbonyl (C=O) groups is 3. The average molecular weight is 492 g/mol. The summed E-state index contributed by atoms with van der Waals surface area (Å²) in [4.78, 5) is 36.0. The van der Waals surface area contributed by atoms with Gasteiger partial charge in [0.25, 0.3) is 15.9 Å². The standard InChI is InChI=1S/C21H18ClN3O7S/c22-14-7-9-16(10-8-14)33(29,30)25-18-6-2-1-5-17(18)20(27)32-13-19(26)24-21(28)23-12-15-4-3-11-31-15/h1-11,25H,12-13H2,(H2,23,24,26,28). The first-order valence-corrected chi connectivity index (χ1v) is 11.3. The summed E-state index contributed by atoms with van der Waals surface area (Å²) in [6.07, 6.45) is 1.44. The zero-order valence-electron chi connectivity index (χ0n) is 16.9. The zero-order chi connectivity index (χ0) is 23.8. The first kappa shape index (κ1) is 23.8. The van der Waals surface area contributed by atoms with Gasteiger partial charge in [0.2, 0.25) is 0 Å². The predicted molar refractivity (Wildman–Crippen MR) is 118 cm³/mol. The van der Waals surface area contributed by atoms with Gasteiger partial charge < -0.3 is 14.5 Å². The number of anilines is 1. The third-order valence-corrected chi connectivity index (χ3v) is 5.74. The number of hydrogen-bond donors (Lipinski definition) is 3. The summed E-state index contributed by atoms with van der Waals surface area (Å²) >= 11 is 5.78. The Morgan fingerprint density at radius 1 is 0.970 bits per heavy atom. The predicted octanol–water partition coefficient (Wildman–Crippen LogP) is 2.92. The van der Waals surface area contributed by atoms with Crippen LogP contribution in [0.25, 0.3) is 0 Å². The van der Waals surface area contributed by atoms with Gasteiger partial charge in [0, 0.05) is 5.02 Å². The number of imide groups is 1. The molecule has 12 heteroatoms. The highest BCUT2D eigenvalue weighted by Gasteiger charge is 2.20. The van der Waals surface area contributed by atoms with Gasteiger partial charge in [-0.1, -0.05) is 23.7 Å². The summed E-state index contributed by atoms with van der Waals surface area (Å²) in [5.74, 6) is -1.35. The van der Waals surface area contributed by atoms with Crippen molar-refractivity contribution in [1.82, 2.24) is 10.6 Å². The van der Waals surface area contributed by atoms with Crippen molar-refractivity contribution in [2.75, 3.05) is 11.3 Å². The van der Waals surface area contributed by atoms with Gasteiger partial charge in [-0.2, -0.15) is 0 Å². The molecule has 3 N–H and O–H groups in total. The molecule has 1 heterocycles. The van der Waals surface area contributed by atoms with E-state index in [0.29, 0.717) is 10.8 Å². The molecule has 0 radical (unpaired) electrons. The van der Waals surface area contributed by atoms with Crippen LogP contribution in [0.5, 0.6) is 0 Å².